The summed E-state index contributed by atoms with van der Waals surface area (Å²) in [5.74, 6) is 0.312. The van der Waals surface area contributed by atoms with E-state index in [-0.39, 0.29) is 12.0 Å². The maximum atomic E-state index is 11.4. The third-order valence-corrected chi connectivity index (χ3v) is 7.27. The third kappa shape index (κ3) is 4.52. The Morgan fingerprint density at radius 3 is 2.76 bits per heavy atom. The highest BCUT2D eigenvalue weighted by Crippen LogP contribution is 2.32. The van der Waals surface area contributed by atoms with Gasteiger partial charge in [-0.1, -0.05) is 29.3 Å². The van der Waals surface area contributed by atoms with Crippen LogP contribution >= 0.6 is 23.2 Å². The van der Waals surface area contributed by atoms with Gasteiger partial charge in [-0.2, -0.15) is 10.1 Å². The molecule has 0 unspecified atom stereocenters. The first kappa shape index (κ1) is 23.1. The number of nitrogens with one attached hydrogen (secondary N) is 1. The molecule has 2 aliphatic rings. The minimum atomic E-state index is -0.697. The molecule has 0 spiro atoms. The van der Waals surface area contributed by atoms with E-state index in [9.17, 15) is 9.90 Å². The molecule has 0 saturated carbocycles. The summed E-state index contributed by atoms with van der Waals surface area (Å²) in [6.07, 6.45) is 3.56. The molecule has 34 heavy (non-hydrogen) atoms. The van der Waals surface area contributed by atoms with E-state index in [1.165, 1.54) is 0 Å². The standard InChI is InChI=1S/C23H27Cl2N7O2/c1-13(17-6-5-15(24)8-18(17)25)26-21-20-19(12-30(2)29-20)27-23(28-21)32-10-16(11-32)31-7-3-4-14(9-31)22(33)34/h5-6,8,12-14,16H,3-4,7,9-11H2,1-2H3,(H,33,34)(H,26,27,28)/t13-,14-/m1/s1. The van der Waals surface area contributed by atoms with Crippen LogP contribution in [-0.4, -0.2) is 67.9 Å². The molecule has 11 heteroatoms. The number of carboxylic acid groups (broad SMARTS) is 1. The average Bonchev–Trinajstić information content (AvgIpc) is 3.13. The molecule has 3 aromatic rings. The fourth-order valence-electron chi connectivity index (χ4n) is 4.78. The van der Waals surface area contributed by atoms with E-state index in [2.05, 4.69) is 20.2 Å². The Balaban J connectivity index is 1.35. The Bertz CT molecular complexity index is 1230. The summed E-state index contributed by atoms with van der Waals surface area (Å²) in [5, 5.41) is 18.6. The number of aliphatic carboxylic acids is 1. The smallest absolute Gasteiger partial charge is 0.307 e. The van der Waals surface area contributed by atoms with Crippen LogP contribution in [0.5, 0.6) is 0 Å². The molecule has 5 rings (SSSR count). The quantitative estimate of drug-likeness (QED) is 0.523. The van der Waals surface area contributed by atoms with Crippen LogP contribution in [0, 0.1) is 5.92 Å². The normalized spacial score (nSPS) is 20.4. The number of aromatic nitrogens is 4. The van der Waals surface area contributed by atoms with Gasteiger partial charge in [0, 0.05) is 42.8 Å². The van der Waals surface area contributed by atoms with E-state index < -0.39 is 5.97 Å². The lowest BCUT2D eigenvalue weighted by atomic mass is 9.95. The topological polar surface area (TPSA) is 99.4 Å². The molecular formula is C23H27Cl2N7O2. The fraction of sp³-hybridized carbons (Fsp3) is 0.478. The van der Waals surface area contributed by atoms with Crippen molar-refractivity contribution in [1.29, 1.82) is 0 Å². The Labute approximate surface area is 207 Å². The minimum Gasteiger partial charge on any atom is -0.481 e. The van der Waals surface area contributed by atoms with Gasteiger partial charge in [-0.25, -0.2) is 4.98 Å². The van der Waals surface area contributed by atoms with Crippen molar-refractivity contribution in [3.05, 3.63) is 40.0 Å². The van der Waals surface area contributed by atoms with Gasteiger partial charge in [-0.15, -0.1) is 0 Å². The molecule has 9 nitrogen and oxygen atoms in total. The predicted octanol–water partition coefficient (Wildman–Crippen LogP) is 3.83. The molecule has 0 amide bonds. The number of piperidine rings is 1. The van der Waals surface area contributed by atoms with Crippen LogP contribution in [0.2, 0.25) is 10.0 Å². The van der Waals surface area contributed by atoms with E-state index in [0.717, 1.165) is 43.6 Å². The van der Waals surface area contributed by atoms with Crippen molar-refractivity contribution in [3.8, 4) is 0 Å². The molecule has 180 valence electrons. The van der Waals surface area contributed by atoms with Gasteiger partial charge in [0.1, 0.15) is 5.52 Å². The fourth-order valence-corrected chi connectivity index (χ4v) is 5.35. The van der Waals surface area contributed by atoms with Crippen molar-refractivity contribution in [2.24, 2.45) is 13.0 Å². The van der Waals surface area contributed by atoms with Crippen molar-refractivity contribution in [1.82, 2.24) is 24.6 Å². The summed E-state index contributed by atoms with van der Waals surface area (Å²) in [6.45, 7) is 5.12. The van der Waals surface area contributed by atoms with Gasteiger partial charge >= 0.3 is 5.97 Å². The Hall–Kier alpha value is -2.62. The van der Waals surface area contributed by atoms with E-state index >= 15 is 0 Å². The van der Waals surface area contributed by atoms with Crippen LogP contribution in [0.15, 0.2) is 24.4 Å². The van der Waals surface area contributed by atoms with Crippen LogP contribution in [-0.2, 0) is 11.8 Å². The molecule has 2 atom stereocenters. The van der Waals surface area contributed by atoms with Gasteiger partial charge in [0.15, 0.2) is 11.3 Å². The minimum absolute atomic E-state index is 0.122. The van der Waals surface area contributed by atoms with Crippen molar-refractivity contribution in [2.75, 3.05) is 36.4 Å². The molecule has 2 aromatic heterocycles. The second-order valence-corrected chi connectivity index (χ2v) is 10.0. The highest BCUT2D eigenvalue weighted by atomic mass is 35.5. The lowest BCUT2D eigenvalue weighted by Crippen LogP contribution is -2.62. The first-order valence-corrected chi connectivity index (χ1v) is 12.2. The molecule has 2 fully saturated rings. The second kappa shape index (κ2) is 9.20. The number of carbonyl (C=O) groups is 1. The Morgan fingerprint density at radius 2 is 2.03 bits per heavy atom. The van der Waals surface area contributed by atoms with Crippen molar-refractivity contribution < 1.29 is 9.90 Å². The number of hydrogen-bond acceptors (Lipinski definition) is 7. The molecule has 2 aliphatic heterocycles. The first-order valence-electron chi connectivity index (χ1n) is 11.4. The molecule has 0 aliphatic carbocycles. The molecule has 2 saturated heterocycles. The predicted molar refractivity (Wildman–Crippen MR) is 133 cm³/mol. The van der Waals surface area contributed by atoms with Gasteiger partial charge in [0.2, 0.25) is 5.95 Å². The summed E-state index contributed by atoms with van der Waals surface area (Å²) < 4.78 is 1.73. The van der Waals surface area contributed by atoms with Crippen molar-refractivity contribution in [3.63, 3.8) is 0 Å². The molecule has 4 heterocycles. The van der Waals surface area contributed by atoms with Crippen molar-refractivity contribution >= 4 is 52.0 Å². The monoisotopic (exact) mass is 503 g/mol. The number of likely N-dealkylation sites (tertiary alicyclic amines) is 1. The highest BCUT2D eigenvalue weighted by molar-refractivity contribution is 6.35. The zero-order chi connectivity index (χ0) is 24.0. The summed E-state index contributed by atoms with van der Waals surface area (Å²) in [5.41, 5.74) is 2.37. The van der Waals surface area contributed by atoms with E-state index in [1.54, 1.807) is 10.7 Å². The van der Waals surface area contributed by atoms with Gasteiger partial charge in [0.25, 0.3) is 0 Å². The summed E-state index contributed by atoms with van der Waals surface area (Å²) >= 11 is 12.5. The average molecular weight is 504 g/mol. The third-order valence-electron chi connectivity index (χ3n) is 6.71. The maximum Gasteiger partial charge on any atom is 0.307 e. The van der Waals surface area contributed by atoms with Crippen LogP contribution in [0.25, 0.3) is 11.0 Å². The largest absolute Gasteiger partial charge is 0.481 e. The van der Waals surface area contributed by atoms with Gasteiger partial charge in [-0.3, -0.25) is 14.4 Å². The zero-order valence-corrected chi connectivity index (χ0v) is 20.6. The number of benzene rings is 1. The van der Waals surface area contributed by atoms with Crippen LogP contribution in [0.1, 0.15) is 31.4 Å². The number of anilines is 2. The molecule has 0 bridgehead atoms. The highest BCUT2D eigenvalue weighted by Gasteiger charge is 2.37. The van der Waals surface area contributed by atoms with Gasteiger partial charge in [0.05, 0.1) is 18.2 Å². The number of aryl methyl sites for hydroxylation is 1. The number of nitrogens with zero attached hydrogens (tertiary/aromatic N) is 6. The van der Waals surface area contributed by atoms with E-state index in [4.69, 9.17) is 33.2 Å². The Morgan fingerprint density at radius 1 is 1.24 bits per heavy atom. The summed E-state index contributed by atoms with van der Waals surface area (Å²) in [7, 11) is 1.86. The van der Waals surface area contributed by atoms with Crippen LogP contribution < -0.4 is 10.2 Å². The molecular weight excluding hydrogens is 477 g/mol. The SMILES string of the molecule is C[C@@H](Nc1nc(N2CC(N3CCC[C@@H](C(=O)O)C3)C2)nc2cn(C)nc12)c1ccc(Cl)cc1Cl. The molecule has 1 aromatic carbocycles. The van der Waals surface area contributed by atoms with Crippen LogP contribution in [0.3, 0.4) is 0 Å². The molecule has 0 radical (unpaired) electrons. The summed E-state index contributed by atoms with van der Waals surface area (Å²) in [4.78, 5) is 25.4. The number of rotatable bonds is 6. The van der Waals surface area contributed by atoms with E-state index in [0.29, 0.717) is 39.9 Å². The number of halogens is 2. The van der Waals surface area contributed by atoms with Crippen LogP contribution in [0.4, 0.5) is 11.8 Å². The first-order chi connectivity index (χ1) is 16.3. The number of fused-ring (bicyclic) bond motifs is 1. The van der Waals surface area contributed by atoms with E-state index in [1.807, 2.05) is 32.3 Å². The second-order valence-electron chi connectivity index (χ2n) is 9.17. The number of hydrogen-bond donors (Lipinski definition) is 2. The summed E-state index contributed by atoms with van der Waals surface area (Å²) in [6, 6.07) is 5.65. The van der Waals surface area contributed by atoms with Gasteiger partial charge < -0.3 is 15.3 Å². The number of carboxylic acids is 1. The zero-order valence-electron chi connectivity index (χ0n) is 19.1. The molecule has 2 N–H and O–H groups in total. The Kier molecular flexibility index (Phi) is 6.26. The van der Waals surface area contributed by atoms with Gasteiger partial charge in [-0.05, 0) is 44.0 Å². The lowest BCUT2D eigenvalue weighted by molar-refractivity contribution is -0.144. The maximum absolute atomic E-state index is 11.4. The van der Waals surface area contributed by atoms with Crippen molar-refractivity contribution in [2.45, 2.75) is 31.8 Å². The lowest BCUT2D eigenvalue weighted by Gasteiger charge is -2.47.